The zero-order chi connectivity index (χ0) is 9.40. The highest BCUT2D eigenvalue weighted by Gasteiger charge is 1.81. The number of unbranched alkanes of at least 4 members (excludes halogenated alkanes) is 2. The van der Waals surface area contributed by atoms with Crippen LogP contribution in [0.3, 0.4) is 0 Å². The molecule has 0 radical (unpaired) electrons. The van der Waals surface area contributed by atoms with Gasteiger partial charge in [-0.2, -0.15) is 8.42 Å². The number of hydrogen-bond donors (Lipinski definition) is 0. The Labute approximate surface area is 82.6 Å². The Bertz CT molecular complexity index is 300. The van der Waals surface area contributed by atoms with Gasteiger partial charge in [0.05, 0.1) is 4.48 Å². The molecule has 0 amide bonds. The van der Waals surface area contributed by atoms with Crippen LogP contribution in [0.2, 0.25) is 0 Å². The summed E-state index contributed by atoms with van der Waals surface area (Å²) in [6.45, 7) is 2.11. The van der Waals surface area contributed by atoms with Crippen LogP contribution in [0.1, 0.15) is 26.2 Å². The monoisotopic (exact) mass is 250 g/mol. The summed E-state index contributed by atoms with van der Waals surface area (Å²) in [5, 5.41) is 2.18. The quantitative estimate of drug-likeness (QED) is 0.436. The van der Waals surface area contributed by atoms with Gasteiger partial charge in [-0.3, -0.25) is 0 Å². The average molecular weight is 251 g/mol. The van der Waals surface area contributed by atoms with Gasteiger partial charge in [0.15, 0.2) is 0 Å². The Morgan fingerprint density at radius 2 is 2.25 bits per heavy atom. The van der Waals surface area contributed by atoms with Crippen LogP contribution in [0.15, 0.2) is 16.6 Å². The second-order valence-corrected chi connectivity index (χ2v) is 3.76. The average Bonchev–Trinajstić information content (AvgIpc) is 1.97. The van der Waals surface area contributed by atoms with Crippen LogP contribution in [0, 0.1) is 0 Å². The molecule has 0 aliphatic rings. The molecule has 0 aliphatic carbocycles. The number of allylic oxidation sites excluding steroid dienone is 3. The van der Waals surface area contributed by atoms with Gasteiger partial charge in [-0.05, 0) is 28.4 Å². The van der Waals surface area contributed by atoms with Gasteiger partial charge in [-0.15, -0.1) is 0 Å². The minimum atomic E-state index is -2.24. The third-order valence-corrected chi connectivity index (χ3v) is 2.28. The zero-order valence-electron chi connectivity index (χ0n) is 6.88. The van der Waals surface area contributed by atoms with Crippen LogP contribution in [0.5, 0.6) is 0 Å². The van der Waals surface area contributed by atoms with E-state index in [0.29, 0.717) is 4.48 Å². The fourth-order valence-corrected chi connectivity index (χ4v) is 1.43. The van der Waals surface area contributed by atoms with E-state index in [0.717, 1.165) is 19.3 Å². The molecule has 0 saturated heterocycles. The number of hydrogen-bond acceptors (Lipinski definition) is 2. The van der Waals surface area contributed by atoms with Crippen LogP contribution in [-0.4, -0.2) is 13.4 Å². The molecule has 0 rings (SSSR count). The van der Waals surface area contributed by atoms with E-state index in [-0.39, 0.29) is 0 Å². The van der Waals surface area contributed by atoms with Gasteiger partial charge in [-0.1, -0.05) is 25.8 Å². The molecule has 0 aromatic rings. The van der Waals surface area contributed by atoms with Crippen molar-refractivity contribution in [2.24, 2.45) is 0 Å². The summed E-state index contributed by atoms with van der Waals surface area (Å²) in [4.78, 5) is 0. The van der Waals surface area contributed by atoms with Gasteiger partial charge in [0.2, 0.25) is 0 Å². The predicted molar refractivity (Wildman–Crippen MR) is 55.0 cm³/mol. The van der Waals surface area contributed by atoms with E-state index < -0.39 is 10.3 Å². The van der Waals surface area contributed by atoms with E-state index in [1.807, 2.05) is 6.08 Å². The molecule has 4 heteroatoms. The molecule has 0 unspecified atom stereocenters. The van der Waals surface area contributed by atoms with Gasteiger partial charge in [0.1, 0.15) is 0 Å². The molecular formula is C8H11BrO2S. The highest BCUT2D eigenvalue weighted by molar-refractivity contribution is 9.12. The molecule has 0 aromatic heterocycles. The Kier molecular flexibility index (Phi) is 7.16. The third-order valence-electron chi connectivity index (χ3n) is 1.17. The molecule has 12 heavy (non-hydrogen) atoms. The molecule has 0 N–H and O–H groups in total. The van der Waals surface area contributed by atoms with Crippen LogP contribution in [0.4, 0.5) is 0 Å². The van der Waals surface area contributed by atoms with Crippen LogP contribution < -0.4 is 0 Å². The van der Waals surface area contributed by atoms with Crippen molar-refractivity contribution < 1.29 is 8.42 Å². The molecule has 0 saturated carbocycles. The summed E-state index contributed by atoms with van der Waals surface area (Å²) < 4.78 is 20.7. The minimum absolute atomic E-state index is 0.465. The standard InChI is InChI=1S/C8H11BrO2S/c1-2-3-4-5-6-8(9)7-12(10)11/h5-6H,2-4H2,1H3. The van der Waals surface area contributed by atoms with Crippen LogP contribution in [-0.2, 0) is 10.3 Å². The van der Waals surface area contributed by atoms with E-state index in [2.05, 4.69) is 27.9 Å². The second-order valence-electron chi connectivity index (χ2n) is 2.23. The number of rotatable bonds is 4. The minimum Gasteiger partial charge on any atom is -0.175 e. The Hall–Kier alpha value is -0.310. The van der Waals surface area contributed by atoms with E-state index >= 15 is 0 Å². The lowest BCUT2D eigenvalue weighted by Crippen LogP contribution is -1.69. The maximum atomic E-state index is 10.1. The lowest BCUT2D eigenvalue weighted by atomic mass is 10.2. The molecule has 0 spiro atoms. The normalized spacial score (nSPS) is 9.83. The first-order chi connectivity index (χ1) is 5.66. The zero-order valence-corrected chi connectivity index (χ0v) is 9.28. The molecule has 0 aromatic carbocycles. The van der Waals surface area contributed by atoms with Gasteiger partial charge in [0.25, 0.3) is 10.3 Å². The molecule has 0 bridgehead atoms. The fourth-order valence-electron chi connectivity index (χ4n) is 0.622. The van der Waals surface area contributed by atoms with Crippen molar-refractivity contribution in [3.63, 3.8) is 0 Å². The Morgan fingerprint density at radius 1 is 1.58 bits per heavy atom. The molecule has 0 heterocycles. The molecule has 0 fully saturated rings. The maximum absolute atomic E-state index is 10.1. The van der Waals surface area contributed by atoms with E-state index in [9.17, 15) is 8.42 Å². The van der Waals surface area contributed by atoms with Crippen molar-refractivity contribution in [2.45, 2.75) is 26.2 Å². The predicted octanol–water partition coefficient (Wildman–Crippen LogP) is 2.29. The summed E-state index contributed by atoms with van der Waals surface area (Å²) in [5.41, 5.74) is 0. The lowest BCUT2D eigenvalue weighted by molar-refractivity contribution is 0.627. The third kappa shape index (κ3) is 7.79. The van der Waals surface area contributed by atoms with Crippen LogP contribution in [0.25, 0.3) is 0 Å². The smallest absolute Gasteiger partial charge is 0.175 e. The van der Waals surface area contributed by atoms with Crippen molar-refractivity contribution >= 4 is 31.2 Å². The molecule has 0 aliphatic heterocycles. The first-order valence-corrected chi connectivity index (χ1v) is 5.58. The topological polar surface area (TPSA) is 34.1 Å². The van der Waals surface area contributed by atoms with Gasteiger partial charge < -0.3 is 0 Å². The van der Waals surface area contributed by atoms with Crippen molar-refractivity contribution in [2.75, 3.05) is 0 Å². The highest BCUT2D eigenvalue weighted by Crippen LogP contribution is 2.03. The first kappa shape index (κ1) is 11.7. The van der Waals surface area contributed by atoms with E-state index in [4.69, 9.17) is 0 Å². The fraction of sp³-hybridized carbons (Fsp3) is 0.500. The highest BCUT2D eigenvalue weighted by atomic mass is 79.9. The lowest BCUT2D eigenvalue weighted by Gasteiger charge is -1.86. The SMILES string of the molecule is CCCCC=CC(Br)=C=S(=O)=O. The van der Waals surface area contributed by atoms with Crippen molar-refractivity contribution in [1.29, 1.82) is 0 Å². The summed E-state index contributed by atoms with van der Waals surface area (Å²) in [7, 11) is -2.24. The molecule has 0 atom stereocenters. The van der Waals surface area contributed by atoms with Gasteiger partial charge in [0, 0.05) is 5.02 Å². The first-order valence-electron chi connectivity index (χ1n) is 3.71. The van der Waals surface area contributed by atoms with E-state index in [1.54, 1.807) is 6.08 Å². The summed E-state index contributed by atoms with van der Waals surface area (Å²) in [6.07, 6.45) is 6.86. The second kappa shape index (κ2) is 7.35. The molecule has 2 nitrogen and oxygen atoms in total. The van der Waals surface area contributed by atoms with E-state index in [1.165, 1.54) is 0 Å². The van der Waals surface area contributed by atoms with Crippen LogP contribution >= 0.6 is 15.9 Å². The Balaban J connectivity index is 4.10. The molecular weight excluding hydrogens is 240 g/mol. The molecule has 68 valence electrons. The summed E-state index contributed by atoms with van der Waals surface area (Å²) in [6, 6.07) is 0. The van der Waals surface area contributed by atoms with Crippen molar-refractivity contribution in [3.8, 4) is 0 Å². The van der Waals surface area contributed by atoms with Crippen molar-refractivity contribution in [3.05, 3.63) is 16.6 Å². The summed E-state index contributed by atoms with van der Waals surface area (Å²) in [5.74, 6) is 0. The van der Waals surface area contributed by atoms with Crippen molar-refractivity contribution in [1.82, 2.24) is 0 Å². The van der Waals surface area contributed by atoms with Gasteiger partial charge in [-0.25, -0.2) is 0 Å². The Morgan fingerprint density at radius 3 is 2.75 bits per heavy atom. The summed E-state index contributed by atoms with van der Waals surface area (Å²) >= 11 is 3.06. The van der Waals surface area contributed by atoms with Gasteiger partial charge >= 0.3 is 0 Å². The maximum Gasteiger partial charge on any atom is 0.261 e. The number of halogens is 1. The largest absolute Gasteiger partial charge is 0.261 e.